The molecule has 0 radical (unpaired) electrons. The minimum Gasteiger partial charge on any atom is -0.314 e. The Bertz CT molecular complexity index is 756. The molecule has 0 aromatic carbocycles. The Hall–Kier alpha value is -1.69. The third-order valence-corrected chi connectivity index (χ3v) is 6.20. The van der Waals surface area contributed by atoms with Gasteiger partial charge in [-0.05, 0) is 45.1 Å². The van der Waals surface area contributed by atoms with Crippen LogP contribution >= 0.6 is 0 Å². The zero-order valence-corrected chi connectivity index (χ0v) is 15.2. The Morgan fingerprint density at radius 1 is 1.04 bits per heavy atom. The molecule has 0 spiro atoms. The molecule has 25 heavy (non-hydrogen) atoms. The maximum Gasteiger partial charge on any atom is 0.150 e. The highest BCUT2D eigenvalue weighted by molar-refractivity contribution is 5.26. The van der Waals surface area contributed by atoms with Gasteiger partial charge in [-0.25, -0.2) is 0 Å². The largest absolute Gasteiger partial charge is 0.314 e. The molecule has 4 heterocycles. The summed E-state index contributed by atoms with van der Waals surface area (Å²) >= 11 is 0. The van der Waals surface area contributed by atoms with E-state index in [1.807, 2.05) is 0 Å². The van der Waals surface area contributed by atoms with Crippen molar-refractivity contribution in [1.82, 2.24) is 29.4 Å². The second-order valence-electron chi connectivity index (χ2n) is 8.02. The quantitative estimate of drug-likeness (QED) is 0.859. The van der Waals surface area contributed by atoms with Crippen LogP contribution in [0.15, 0.2) is 6.20 Å². The molecule has 1 saturated carbocycles. The number of rotatable bonds is 4. The molecule has 134 valence electrons. The van der Waals surface area contributed by atoms with Crippen LogP contribution < -0.4 is 0 Å². The van der Waals surface area contributed by atoms with Crippen LogP contribution in [0.4, 0.5) is 0 Å². The van der Waals surface area contributed by atoms with E-state index in [0.717, 1.165) is 32.0 Å². The van der Waals surface area contributed by atoms with E-state index < -0.39 is 0 Å². The monoisotopic (exact) mass is 340 g/mol. The van der Waals surface area contributed by atoms with Crippen molar-refractivity contribution in [2.75, 3.05) is 6.54 Å². The first-order valence-electron chi connectivity index (χ1n) is 9.98. The first kappa shape index (κ1) is 15.6. The number of likely N-dealkylation sites (tertiary alicyclic amines) is 1. The van der Waals surface area contributed by atoms with E-state index in [9.17, 15) is 0 Å². The van der Waals surface area contributed by atoms with Crippen molar-refractivity contribution in [2.45, 2.75) is 76.4 Å². The lowest BCUT2D eigenvalue weighted by molar-refractivity contribution is 0.233. The van der Waals surface area contributed by atoms with Crippen molar-refractivity contribution in [3.8, 4) is 0 Å². The summed E-state index contributed by atoms with van der Waals surface area (Å²) < 4.78 is 4.53. The van der Waals surface area contributed by atoms with E-state index in [1.54, 1.807) is 0 Å². The van der Waals surface area contributed by atoms with Gasteiger partial charge in [0, 0.05) is 43.7 Å². The summed E-state index contributed by atoms with van der Waals surface area (Å²) in [5.41, 5.74) is 2.89. The van der Waals surface area contributed by atoms with Gasteiger partial charge in [-0.1, -0.05) is 6.42 Å². The van der Waals surface area contributed by atoms with E-state index in [-0.39, 0.29) is 0 Å². The minimum atomic E-state index is 0.423. The van der Waals surface area contributed by atoms with Crippen molar-refractivity contribution in [2.24, 2.45) is 7.05 Å². The smallest absolute Gasteiger partial charge is 0.150 e. The molecule has 3 aliphatic rings. The normalized spacial score (nSPS) is 24.4. The van der Waals surface area contributed by atoms with Gasteiger partial charge in [-0.2, -0.15) is 5.10 Å². The Morgan fingerprint density at radius 2 is 1.96 bits per heavy atom. The molecular weight excluding hydrogens is 312 g/mol. The average molecular weight is 340 g/mol. The van der Waals surface area contributed by atoms with Gasteiger partial charge in [0.15, 0.2) is 0 Å². The highest BCUT2D eigenvalue weighted by Gasteiger charge is 2.34. The predicted molar refractivity (Wildman–Crippen MR) is 95.1 cm³/mol. The molecule has 1 atom stereocenters. The van der Waals surface area contributed by atoms with E-state index in [4.69, 9.17) is 0 Å². The summed E-state index contributed by atoms with van der Waals surface area (Å²) in [5.74, 6) is 3.17. The Labute approximate surface area is 149 Å². The fraction of sp³-hybridized carbons (Fsp3) is 0.737. The van der Waals surface area contributed by atoms with Gasteiger partial charge in [-0.15, -0.1) is 10.2 Å². The fourth-order valence-electron chi connectivity index (χ4n) is 4.78. The average Bonchev–Trinajstić information content (AvgIpc) is 3.15. The molecule has 2 aromatic rings. The van der Waals surface area contributed by atoms with Gasteiger partial charge < -0.3 is 4.57 Å². The molecule has 0 amide bonds. The molecule has 1 saturated heterocycles. The van der Waals surface area contributed by atoms with Crippen LogP contribution in [-0.2, 0) is 26.6 Å². The SMILES string of the molecule is Cn1ncc(CN2CCCC2c2nnc3n2CCCCC3)c1C1CC1. The number of hydrogen-bond acceptors (Lipinski definition) is 4. The highest BCUT2D eigenvalue weighted by atomic mass is 15.3. The molecule has 2 aliphatic heterocycles. The minimum absolute atomic E-state index is 0.423. The zero-order valence-electron chi connectivity index (χ0n) is 15.2. The van der Waals surface area contributed by atoms with Crippen LogP contribution in [0, 0.1) is 0 Å². The highest BCUT2D eigenvalue weighted by Crippen LogP contribution is 2.42. The second kappa shape index (κ2) is 6.24. The van der Waals surface area contributed by atoms with Crippen LogP contribution in [-0.4, -0.2) is 36.0 Å². The number of fused-ring (bicyclic) bond motifs is 1. The molecular formula is C19H28N6. The standard InChI is InChI=1S/C19H28N6/c1-23-18(14-8-9-14)15(12-20-23)13-24-10-5-6-16(24)19-22-21-17-7-3-2-4-11-25(17)19/h12,14,16H,2-11,13H2,1H3. The number of nitrogens with zero attached hydrogens (tertiary/aromatic N) is 6. The Kier molecular flexibility index (Phi) is 3.88. The van der Waals surface area contributed by atoms with Crippen molar-refractivity contribution in [3.63, 3.8) is 0 Å². The van der Waals surface area contributed by atoms with Crippen LogP contribution in [0.3, 0.4) is 0 Å². The predicted octanol–water partition coefficient (Wildman–Crippen LogP) is 2.95. The summed E-state index contributed by atoms with van der Waals surface area (Å²) in [7, 11) is 2.09. The van der Waals surface area contributed by atoms with Gasteiger partial charge in [0.05, 0.1) is 12.2 Å². The lowest BCUT2D eigenvalue weighted by Gasteiger charge is -2.24. The molecule has 0 bridgehead atoms. The van der Waals surface area contributed by atoms with Gasteiger partial charge in [0.2, 0.25) is 0 Å². The maximum absolute atomic E-state index is 4.64. The molecule has 2 aromatic heterocycles. The fourth-order valence-corrected chi connectivity index (χ4v) is 4.78. The Morgan fingerprint density at radius 3 is 2.84 bits per heavy atom. The lowest BCUT2D eigenvalue weighted by atomic mass is 10.1. The first-order valence-corrected chi connectivity index (χ1v) is 9.98. The zero-order chi connectivity index (χ0) is 16.8. The van der Waals surface area contributed by atoms with E-state index >= 15 is 0 Å². The summed E-state index contributed by atoms with van der Waals surface area (Å²) in [6.45, 7) is 3.26. The van der Waals surface area contributed by atoms with Gasteiger partial charge in [-0.3, -0.25) is 9.58 Å². The number of aromatic nitrogens is 5. The maximum atomic E-state index is 4.64. The van der Waals surface area contributed by atoms with E-state index in [2.05, 4.69) is 42.7 Å². The summed E-state index contributed by atoms with van der Waals surface area (Å²) in [6, 6.07) is 0.423. The lowest BCUT2D eigenvalue weighted by Crippen LogP contribution is -2.26. The molecule has 6 nitrogen and oxygen atoms in total. The van der Waals surface area contributed by atoms with Crippen molar-refractivity contribution >= 4 is 0 Å². The molecule has 5 rings (SSSR count). The van der Waals surface area contributed by atoms with E-state index in [0.29, 0.717) is 6.04 Å². The molecule has 1 aliphatic carbocycles. The van der Waals surface area contributed by atoms with Crippen molar-refractivity contribution in [1.29, 1.82) is 0 Å². The van der Waals surface area contributed by atoms with Gasteiger partial charge in [0.25, 0.3) is 0 Å². The van der Waals surface area contributed by atoms with Gasteiger partial charge >= 0.3 is 0 Å². The van der Waals surface area contributed by atoms with Crippen LogP contribution in [0.25, 0.3) is 0 Å². The van der Waals surface area contributed by atoms with Gasteiger partial charge in [0.1, 0.15) is 11.6 Å². The van der Waals surface area contributed by atoms with Crippen LogP contribution in [0.5, 0.6) is 0 Å². The Balaban J connectivity index is 1.40. The number of aryl methyl sites for hydroxylation is 2. The van der Waals surface area contributed by atoms with Crippen LogP contribution in [0.2, 0.25) is 0 Å². The number of hydrogen-bond donors (Lipinski definition) is 0. The molecule has 0 N–H and O–H groups in total. The third kappa shape index (κ3) is 2.80. The summed E-state index contributed by atoms with van der Waals surface area (Å²) in [5, 5.41) is 13.7. The summed E-state index contributed by atoms with van der Waals surface area (Å²) in [6.07, 6.45) is 12.1. The topological polar surface area (TPSA) is 51.8 Å². The molecule has 2 fully saturated rings. The van der Waals surface area contributed by atoms with E-state index in [1.165, 1.54) is 67.9 Å². The van der Waals surface area contributed by atoms with Crippen molar-refractivity contribution < 1.29 is 0 Å². The first-order chi connectivity index (χ1) is 12.3. The molecule has 1 unspecified atom stereocenters. The second-order valence-corrected chi connectivity index (χ2v) is 8.02. The third-order valence-electron chi connectivity index (χ3n) is 6.20. The van der Waals surface area contributed by atoms with Crippen LogP contribution in [0.1, 0.15) is 79.8 Å². The van der Waals surface area contributed by atoms with Crippen molar-refractivity contribution in [3.05, 3.63) is 29.1 Å². The molecule has 6 heteroatoms. The summed E-state index contributed by atoms with van der Waals surface area (Å²) in [4.78, 5) is 2.62.